The summed E-state index contributed by atoms with van der Waals surface area (Å²) in [5, 5.41) is 0. The van der Waals surface area contributed by atoms with Crippen molar-refractivity contribution in [1.29, 1.82) is 0 Å². The molecule has 4 rings (SSSR count). The standard InChI is InChI=1S/C24H26N4O4/c1-3-31-19-4-6-20(7-5-19)32-16(2)24(30)28-13-10-18(15-28)21-14-22(29)27-23(26-21)17-8-11-25-12-9-17/h4-9,11-12,14,16,18H,3,10,13,15H2,1-2H3,(H,26,27,29)/t16-,18-/m0/s1. The molecule has 0 radical (unpaired) electrons. The van der Waals surface area contributed by atoms with Gasteiger partial charge in [-0.25, -0.2) is 4.98 Å². The number of aromatic amines is 1. The van der Waals surface area contributed by atoms with E-state index in [4.69, 9.17) is 9.47 Å². The minimum absolute atomic E-state index is 0.000451. The predicted octanol–water partition coefficient (Wildman–Crippen LogP) is 3.01. The Hall–Kier alpha value is -3.68. The van der Waals surface area contributed by atoms with Crippen LogP contribution in [0.2, 0.25) is 0 Å². The van der Waals surface area contributed by atoms with Crippen molar-refractivity contribution in [3.63, 3.8) is 0 Å². The van der Waals surface area contributed by atoms with Crippen molar-refractivity contribution in [2.75, 3.05) is 19.7 Å². The molecule has 0 saturated carbocycles. The molecule has 166 valence electrons. The van der Waals surface area contributed by atoms with E-state index < -0.39 is 6.10 Å². The number of aromatic nitrogens is 3. The highest BCUT2D eigenvalue weighted by Crippen LogP contribution is 2.27. The molecule has 3 aromatic rings. The Morgan fingerprint density at radius 1 is 1.19 bits per heavy atom. The van der Waals surface area contributed by atoms with Gasteiger partial charge in [-0.3, -0.25) is 14.6 Å². The number of nitrogens with one attached hydrogen (secondary N) is 1. The summed E-state index contributed by atoms with van der Waals surface area (Å²) in [6.07, 6.45) is 3.44. The number of hydrogen-bond acceptors (Lipinski definition) is 6. The highest BCUT2D eigenvalue weighted by molar-refractivity contribution is 5.81. The van der Waals surface area contributed by atoms with Gasteiger partial charge < -0.3 is 19.4 Å². The van der Waals surface area contributed by atoms with Gasteiger partial charge in [0.1, 0.15) is 17.3 Å². The van der Waals surface area contributed by atoms with Crippen LogP contribution >= 0.6 is 0 Å². The SMILES string of the molecule is CCOc1ccc(O[C@@H](C)C(=O)N2CC[C@H](c3cc(=O)[nH]c(-c4ccncc4)n3)C2)cc1. The van der Waals surface area contributed by atoms with Crippen LogP contribution in [0.1, 0.15) is 31.9 Å². The van der Waals surface area contributed by atoms with Crippen LogP contribution in [0.5, 0.6) is 11.5 Å². The average molecular weight is 434 g/mol. The molecule has 8 nitrogen and oxygen atoms in total. The van der Waals surface area contributed by atoms with Gasteiger partial charge in [0.25, 0.3) is 11.5 Å². The molecule has 1 N–H and O–H groups in total. The first kappa shape index (κ1) is 21.5. The summed E-state index contributed by atoms with van der Waals surface area (Å²) in [5.41, 5.74) is 1.27. The predicted molar refractivity (Wildman–Crippen MR) is 120 cm³/mol. The first-order valence-corrected chi connectivity index (χ1v) is 10.7. The number of pyridine rings is 1. The maximum absolute atomic E-state index is 12.9. The molecule has 0 aliphatic carbocycles. The zero-order valence-electron chi connectivity index (χ0n) is 18.2. The minimum atomic E-state index is -0.619. The molecule has 1 saturated heterocycles. The van der Waals surface area contributed by atoms with Crippen LogP contribution in [0.3, 0.4) is 0 Å². The molecule has 0 unspecified atom stereocenters. The van der Waals surface area contributed by atoms with Gasteiger partial charge in [-0.15, -0.1) is 0 Å². The van der Waals surface area contributed by atoms with Crippen molar-refractivity contribution in [2.45, 2.75) is 32.3 Å². The lowest BCUT2D eigenvalue weighted by Crippen LogP contribution is -2.39. The Balaban J connectivity index is 1.41. The molecule has 1 aliphatic heterocycles. The van der Waals surface area contributed by atoms with E-state index in [1.807, 2.05) is 19.1 Å². The van der Waals surface area contributed by atoms with Crippen molar-refractivity contribution in [2.24, 2.45) is 0 Å². The van der Waals surface area contributed by atoms with E-state index in [1.54, 1.807) is 48.5 Å². The molecule has 3 heterocycles. The Morgan fingerprint density at radius 2 is 1.91 bits per heavy atom. The summed E-state index contributed by atoms with van der Waals surface area (Å²) >= 11 is 0. The number of carbonyl (C=O) groups excluding carboxylic acids is 1. The van der Waals surface area contributed by atoms with Crippen molar-refractivity contribution >= 4 is 5.91 Å². The molecular weight excluding hydrogens is 408 g/mol. The molecule has 2 atom stereocenters. The van der Waals surface area contributed by atoms with Crippen LogP contribution < -0.4 is 15.0 Å². The second-order valence-electron chi connectivity index (χ2n) is 7.69. The van der Waals surface area contributed by atoms with Gasteiger partial charge in [0.05, 0.1) is 12.3 Å². The smallest absolute Gasteiger partial charge is 0.263 e. The van der Waals surface area contributed by atoms with Gasteiger partial charge in [0, 0.05) is 43.0 Å². The quantitative estimate of drug-likeness (QED) is 0.614. The Bertz CT molecular complexity index is 1110. The molecule has 1 aliphatic rings. The molecule has 1 aromatic carbocycles. The van der Waals surface area contributed by atoms with Crippen LogP contribution in [0.4, 0.5) is 0 Å². The zero-order chi connectivity index (χ0) is 22.5. The summed E-state index contributed by atoms with van der Waals surface area (Å²) in [5.74, 6) is 1.80. The summed E-state index contributed by atoms with van der Waals surface area (Å²) in [6.45, 7) is 5.37. The van der Waals surface area contributed by atoms with E-state index in [9.17, 15) is 9.59 Å². The third kappa shape index (κ3) is 4.96. The summed E-state index contributed by atoms with van der Waals surface area (Å²) < 4.78 is 11.3. The van der Waals surface area contributed by atoms with Crippen molar-refractivity contribution in [1.82, 2.24) is 19.9 Å². The number of H-pyrrole nitrogens is 1. The van der Waals surface area contributed by atoms with Crippen LogP contribution in [0.15, 0.2) is 59.7 Å². The number of ether oxygens (including phenoxy) is 2. The molecule has 0 bridgehead atoms. The van der Waals surface area contributed by atoms with E-state index in [0.717, 1.165) is 17.7 Å². The van der Waals surface area contributed by atoms with E-state index in [1.165, 1.54) is 6.07 Å². The van der Waals surface area contributed by atoms with E-state index in [-0.39, 0.29) is 17.4 Å². The third-order valence-corrected chi connectivity index (χ3v) is 5.43. The van der Waals surface area contributed by atoms with Crippen LogP contribution in [-0.4, -0.2) is 51.6 Å². The van der Waals surface area contributed by atoms with E-state index in [0.29, 0.717) is 37.0 Å². The molecular formula is C24H26N4O4. The summed E-state index contributed by atoms with van der Waals surface area (Å²) in [6, 6.07) is 12.3. The molecule has 8 heteroatoms. The van der Waals surface area contributed by atoms with Gasteiger partial charge in [0.2, 0.25) is 0 Å². The van der Waals surface area contributed by atoms with Gasteiger partial charge in [-0.05, 0) is 56.7 Å². The normalized spacial score (nSPS) is 16.6. The highest BCUT2D eigenvalue weighted by Gasteiger charge is 2.31. The molecule has 1 fully saturated rings. The van der Waals surface area contributed by atoms with Crippen molar-refractivity contribution in [3.8, 4) is 22.9 Å². The Kier molecular flexibility index (Phi) is 6.49. The fraction of sp³-hybridized carbons (Fsp3) is 0.333. The largest absolute Gasteiger partial charge is 0.494 e. The fourth-order valence-electron chi connectivity index (χ4n) is 3.83. The lowest BCUT2D eigenvalue weighted by molar-refractivity contribution is -0.136. The fourth-order valence-corrected chi connectivity index (χ4v) is 3.83. The number of amides is 1. The maximum Gasteiger partial charge on any atom is 0.263 e. The Morgan fingerprint density at radius 3 is 2.62 bits per heavy atom. The zero-order valence-corrected chi connectivity index (χ0v) is 18.2. The van der Waals surface area contributed by atoms with Crippen LogP contribution in [0, 0.1) is 0 Å². The molecule has 32 heavy (non-hydrogen) atoms. The molecule has 2 aromatic heterocycles. The number of nitrogens with zero attached hydrogens (tertiary/aromatic N) is 3. The first-order chi connectivity index (χ1) is 15.5. The highest BCUT2D eigenvalue weighted by atomic mass is 16.5. The van der Waals surface area contributed by atoms with Crippen molar-refractivity contribution < 1.29 is 14.3 Å². The maximum atomic E-state index is 12.9. The number of benzene rings is 1. The third-order valence-electron chi connectivity index (χ3n) is 5.43. The topological polar surface area (TPSA) is 97.4 Å². The second kappa shape index (κ2) is 9.64. The van der Waals surface area contributed by atoms with E-state index >= 15 is 0 Å². The van der Waals surface area contributed by atoms with E-state index in [2.05, 4.69) is 15.0 Å². The van der Waals surface area contributed by atoms with Crippen molar-refractivity contribution in [3.05, 3.63) is 70.9 Å². The number of likely N-dealkylation sites (tertiary alicyclic amines) is 1. The number of hydrogen-bond donors (Lipinski definition) is 1. The van der Waals surface area contributed by atoms with Crippen LogP contribution in [0.25, 0.3) is 11.4 Å². The van der Waals surface area contributed by atoms with Gasteiger partial charge in [0.15, 0.2) is 6.10 Å². The molecule has 1 amide bonds. The minimum Gasteiger partial charge on any atom is -0.494 e. The number of carbonyl (C=O) groups is 1. The lowest BCUT2D eigenvalue weighted by atomic mass is 10.0. The Labute approximate surface area is 186 Å². The molecule has 0 spiro atoms. The van der Waals surface area contributed by atoms with Crippen LogP contribution in [-0.2, 0) is 4.79 Å². The summed E-state index contributed by atoms with van der Waals surface area (Å²) in [4.78, 5) is 38.3. The number of rotatable bonds is 7. The average Bonchev–Trinajstić information content (AvgIpc) is 3.30. The summed E-state index contributed by atoms with van der Waals surface area (Å²) in [7, 11) is 0. The second-order valence-corrected chi connectivity index (χ2v) is 7.69. The monoisotopic (exact) mass is 434 g/mol. The van der Waals surface area contributed by atoms with Gasteiger partial charge in [-0.2, -0.15) is 0 Å². The van der Waals surface area contributed by atoms with Gasteiger partial charge >= 0.3 is 0 Å². The lowest BCUT2D eigenvalue weighted by Gasteiger charge is -2.22. The van der Waals surface area contributed by atoms with Gasteiger partial charge in [-0.1, -0.05) is 0 Å². The first-order valence-electron chi connectivity index (χ1n) is 10.7.